The maximum atomic E-state index is 12.7. The zero-order valence-electron chi connectivity index (χ0n) is 12.8. The third kappa shape index (κ3) is 3.57. The molecule has 128 valence electrons. The first-order valence-electron chi connectivity index (χ1n) is 7.54. The minimum atomic E-state index is -3.47. The molecule has 7 heteroatoms. The van der Waals surface area contributed by atoms with Crippen molar-refractivity contribution in [3.05, 3.63) is 65.7 Å². The van der Waals surface area contributed by atoms with Gasteiger partial charge in [-0.3, -0.25) is 0 Å². The summed E-state index contributed by atoms with van der Waals surface area (Å²) in [6.07, 6.45) is 0.513. The van der Waals surface area contributed by atoms with Crippen LogP contribution in [0.4, 0.5) is 8.78 Å². The molecular formula is C17H17F2NO3S. The molecule has 1 aliphatic heterocycles. The van der Waals surface area contributed by atoms with Crippen LogP contribution in [0.3, 0.4) is 0 Å². The van der Waals surface area contributed by atoms with Crippen molar-refractivity contribution in [3.8, 4) is 5.75 Å². The first kappa shape index (κ1) is 16.9. The average Bonchev–Trinajstić information content (AvgIpc) is 2.83. The summed E-state index contributed by atoms with van der Waals surface area (Å²) in [5.41, 5.74) is 1.39. The van der Waals surface area contributed by atoms with Gasteiger partial charge in [0.2, 0.25) is 10.0 Å². The molecule has 1 saturated heterocycles. The maximum Gasteiger partial charge on any atom is 0.387 e. The number of halogens is 2. The SMILES string of the molecule is O=S1(=O)C(c2ccccc2)CCN1Cc1cccc(OC(F)F)c1. The summed E-state index contributed by atoms with van der Waals surface area (Å²) in [7, 11) is -3.47. The van der Waals surface area contributed by atoms with Crippen LogP contribution in [0.5, 0.6) is 5.75 Å². The molecule has 0 aliphatic carbocycles. The van der Waals surface area contributed by atoms with Gasteiger partial charge in [0, 0.05) is 13.1 Å². The van der Waals surface area contributed by atoms with Gasteiger partial charge in [-0.05, 0) is 29.7 Å². The Labute approximate surface area is 139 Å². The minimum absolute atomic E-state index is 0.0266. The lowest BCUT2D eigenvalue weighted by Gasteiger charge is -2.17. The van der Waals surface area contributed by atoms with Crippen molar-refractivity contribution in [1.29, 1.82) is 0 Å². The van der Waals surface area contributed by atoms with Gasteiger partial charge in [0.05, 0.1) is 0 Å². The smallest absolute Gasteiger partial charge is 0.387 e. The van der Waals surface area contributed by atoms with Crippen molar-refractivity contribution in [2.75, 3.05) is 6.54 Å². The highest BCUT2D eigenvalue weighted by Crippen LogP contribution is 2.36. The Kier molecular flexibility index (Phi) is 4.82. The van der Waals surface area contributed by atoms with Gasteiger partial charge in [-0.2, -0.15) is 13.1 Å². The molecule has 0 spiro atoms. The molecule has 2 aromatic rings. The molecule has 0 saturated carbocycles. The van der Waals surface area contributed by atoms with E-state index in [1.807, 2.05) is 30.3 Å². The van der Waals surface area contributed by atoms with E-state index in [2.05, 4.69) is 4.74 Å². The molecule has 1 unspecified atom stereocenters. The zero-order valence-corrected chi connectivity index (χ0v) is 13.6. The number of ether oxygens (including phenoxy) is 1. The Hall–Kier alpha value is -1.99. The van der Waals surface area contributed by atoms with Crippen LogP contribution in [-0.2, 0) is 16.6 Å². The van der Waals surface area contributed by atoms with Gasteiger partial charge in [-0.15, -0.1) is 0 Å². The summed E-state index contributed by atoms with van der Waals surface area (Å²) in [4.78, 5) is 0. The maximum absolute atomic E-state index is 12.7. The largest absolute Gasteiger partial charge is 0.435 e. The lowest BCUT2D eigenvalue weighted by atomic mass is 10.1. The number of sulfonamides is 1. The third-order valence-electron chi connectivity index (χ3n) is 4.01. The second kappa shape index (κ2) is 6.86. The Morgan fingerprint density at radius 3 is 2.58 bits per heavy atom. The second-order valence-corrected chi connectivity index (χ2v) is 7.71. The van der Waals surface area contributed by atoms with Gasteiger partial charge in [0.15, 0.2) is 0 Å². The Morgan fingerprint density at radius 2 is 1.88 bits per heavy atom. The average molecular weight is 353 g/mol. The summed E-state index contributed by atoms with van der Waals surface area (Å²) in [5.74, 6) is 0.0266. The first-order valence-corrected chi connectivity index (χ1v) is 9.05. The molecule has 0 radical (unpaired) electrons. The van der Waals surface area contributed by atoms with Crippen LogP contribution in [0, 0.1) is 0 Å². The predicted octanol–water partition coefficient (Wildman–Crippen LogP) is 3.56. The van der Waals surface area contributed by atoms with Crippen molar-refractivity contribution in [2.24, 2.45) is 0 Å². The molecule has 2 aromatic carbocycles. The predicted molar refractivity (Wildman–Crippen MR) is 86.2 cm³/mol. The number of rotatable bonds is 5. The van der Waals surface area contributed by atoms with Crippen molar-refractivity contribution < 1.29 is 21.9 Å². The topological polar surface area (TPSA) is 46.6 Å². The highest BCUT2D eigenvalue weighted by atomic mass is 32.2. The highest BCUT2D eigenvalue weighted by Gasteiger charge is 2.39. The fraction of sp³-hybridized carbons (Fsp3) is 0.294. The molecule has 24 heavy (non-hydrogen) atoms. The fourth-order valence-electron chi connectivity index (χ4n) is 2.92. The Bertz CT molecular complexity index is 796. The fourth-order valence-corrected chi connectivity index (χ4v) is 4.87. The number of nitrogens with zero attached hydrogens (tertiary/aromatic N) is 1. The minimum Gasteiger partial charge on any atom is -0.435 e. The van der Waals surface area contributed by atoms with Crippen LogP contribution in [0.2, 0.25) is 0 Å². The van der Waals surface area contributed by atoms with Crippen LogP contribution >= 0.6 is 0 Å². The molecule has 4 nitrogen and oxygen atoms in total. The third-order valence-corrected chi connectivity index (χ3v) is 6.27. The zero-order chi connectivity index (χ0) is 17.2. The van der Waals surface area contributed by atoms with E-state index in [-0.39, 0.29) is 12.3 Å². The number of benzene rings is 2. The summed E-state index contributed by atoms with van der Waals surface area (Å²) >= 11 is 0. The first-order chi connectivity index (χ1) is 11.5. The van der Waals surface area contributed by atoms with Crippen LogP contribution in [0.15, 0.2) is 54.6 Å². The molecule has 1 atom stereocenters. The summed E-state index contributed by atoms with van der Waals surface area (Å²) < 4.78 is 55.8. The standard InChI is InChI=1S/C17H17F2NO3S/c18-17(19)23-15-8-4-5-13(11-15)12-20-10-9-16(24(20,21)22)14-6-2-1-3-7-14/h1-8,11,16-17H,9-10,12H2. The van der Waals surface area contributed by atoms with E-state index in [4.69, 9.17) is 0 Å². The number of alkyl halides is 2. The monoisotopic (exact) mass is 353 g/mol. The van der Waals surface area contributed by atoms with Crippen molar-refractivity contribution in [3.63, 3.8) is 0 Å². The van der Waals surface area contributed by atoms with E-state index in [1.54, 1.807) is 12.1 Å². The van der Waals surface area contributed by atoms with Gasteiger partial charge >= 0.3 is 6.61 Å². The van der Waals surface area contributed by atoms with E-state index in [9.17, 15) is 17.2 Å². The summed E-state index contributed by atoms with van der Waals surface area (Å²) in [6, 6.07) is 15.2. The lowest BCUT2D eigenvalue weighted by Crippen LogP contribution is -2.26. The number of hydrogen-bond donors (Lipinski definition) is 0. The van der Waals surface area contributed by atoms with E-state index >= 15 is 0 Å². The number of hydrogen-bond acceptors (Lipinski definition) is 3. The summed E-state index contributed by atoms with van der Waals surface area (Å²) in [6.45, 7) is -2.35. The van der Waals surface area contributed by atoms with Crippen LogP contribution in [0.25, 0.3) is 0 Å². The summed E-state index contributed by atoms with van der Waals surface area (Å²) in [5, 5.41) is -0.556. The molecule has 1 fully saturated rings. The molecule has 3 rings (SSSR count). The van der Waals surface area contributed by atoms with Crippen molar-refractivity contribution >= 4 is 10.0 Å². The van der Waals surface area contributed by atoms with E-state index in [0.29, 0.717) is 18.5 Å². The van der Waals surface area contributed by atoms with Gasteiger partial charge < -0.3 is 4.74 Å². The van der Waals surface area contributed by atoms with Gasteiger partial charge in [0.25, 0.3) is 0 Å². The molecular weight excluding hydrogens is 336 g/mol. The van der Waals surface area contributed by atoms with Crippen LogP contribution < -0.4 is 4.74 Å². The normalized spacial score (nSPS) is 20.4. The molecule has 1 heterocycles. The molecule has 0 N–H and O–H groups in total. The molecule has 0 bridgehead atoms. The van der Waals surface area contributed by atoms with Gasteiger partial charge in [-0.25, -0.2) is 8.42 Å². The molecule has 0 aromatic heterocycles. The van der Waals surface area contributed by atoms with E-state index < -0.39 is 21.9 Å². The lowest BCUT2D eigenvalue weighted by molar-refractivity contribution is -0.0498. The van der Waals surface area contributed by atoms with E-state index in [1.165, 1.54) is 16.4 Å². The highest BCUT2D eigenvalue weighted by molar-refractivity contribution is 7.89. The van der Waals surface area contributed by atoms with Crippen molar-refractivity contribution in [2.45, 2.75) is 24.8 Å². The molecule has 0 amide bonds. The quantitative estimate of drug-likeness (QED) is 0.826. The second-order valence-electron chi connectivity index (χ2n) is 5.59. The van der Waals surface area contributed by atoms with Gasteiger partial charge in [-0.1, -0.05) is 42.5 Å². The molecule has 1 aliphatic rings. The van der Waals surface area contributed by atoms with Gasteiger partial charge in [0.1, 0.15) is 11.0 Å². The Morgan fingerprint density at radius 1 is 1.12 bits per heavy atom. The van der Waals surface area contributed by atoms with Crippen molar-refractivity contribution in [1.82, 2.24) is 4.31 Å². The van der Waals surface area contributed by atoms with Crippen LogP contribution in [0.1, 0.15) is 22.8 Å². The van der Waals surface area contributed by atoms with Crippen LogP contribution in [-0.4, -0.2) is 25.9 Å². The Balaban J connectivity index is 1.77. The van der Waals surface area contributed by atoms with E-state index in [0.717, 1.165) is 5.56 Å².